The van der Waals surface area contributed by atoms with E-state index in [2.05, 4.69) is 4.52 Å². The first-order valence-corrected chi connectivity index (χ1v) is 6.20. The van der Waals surface area contributed by atoms with Gasteiger partial charge in [0.15, 0.2) is 6.61 Å². The molecule has 1 atom stereocenters. The Morgan fingerprint density at radius 3 is 1.69 bits per heavy atom. The van der Waals surface area contributed by atoms with Crippen LogP contribution in [0.3, 0.4) is 0 Å². The van der Waals surface area contributed by atoms with Crippen LogP contribution in [-0.4, -0.2) is 77.3 Å². The van der Waals surface area contributed by atoms with Gasteiger partial charge in [-0.3, -0.25) is 0 Å². The van der Waals surface area contributed by atoms with E-state index in [1.807, 2.05) is 0 Å². The summed E-state index contributed by atoms with van der Waals surface area (Å²) in [6.45, 7) is 1.28. The quantitative estimate of drug-likeness (QED) is 0.279. The summed E-state index contributed by atoms with van der Waals surface area (Å²) in [5.41, 5.74) is 0. The molecule has 7 nitrogen and oxygen atoms in total. The Morgan fingerprint density at radius 1 is 0.938 bits per heavy atom. The summed E-state index contributed by atoms with van der Waals surface area (Å²) in [4.78, 5) is 8.47. The lowest BCUT2D eigenvalue weighted by atomic mass is 10.3. The van der Waals surface area contributed by atoms with Gasteiger partial charge in [-0.1, -0.05) is 0 Å². The minimum atomic E-state index is -2.63. The lowest BCUT2D eigenvalue weighted by Gasteiger charge is -2.36. The molecule has 1 unspecified atom stereocenters. The van der Waals surface area contributed by atoms with E-state index in [0.717, 1.165) is 0 Å². The van der Waals surface area contributed by atoms with Crippen LogP contribution in [0.5, 0.6) is 0 Å². The lowest BCUT2D eigenvalue weighted by Crippen LogP contribution is -2.54. The molecule has 0 aliphatic rings. The van der Waals surface area contributed by atoms with Gasteiger partial charge in [0, 0.05) is 4.57 Å². The van der Waals surface area contributed by atoms with E-state index in [0.29, 0.717) is 26.2 Å². The van der Waals surface area contributed by atoms with Gasteiger partial charge in [-0.15, -0.1) is 9.42 Å². The minimum Gasteiger partial charge on any atom is -0.391 e. The zero-order chi connectivity index (χ0) is 12.4. The number of hydrogen-bond donors (Lipinski definition) is 4. The number of aliphatic hydroxyl groups is 3. The third-order valence-corrected chi connectivity index (χ3v) is 2.89. The molecule has 0 aromatic rings. The highest BCUT2D eigenvalue weighted by Crippen LogP contribution is 2.15. The minimum absolute atomic E-state index is 0.0473. The Kier molecular flexibility index (Phi) is 8.87. The van der Waals surface area contributed by atoms with E-state index < -0.39 is 8.25 Å². The van der Waals surface area contributed by atoms with Crippen LogP contribution in [0.1, 0.15) is 0 Å². The molecule has 0 aliphatic heterocycles. The Morgan fingerprint density at radius 2 is 1.38 bits per heavy atom. The first kappa shape index (κ1) is 15.9. The van der Waals surface area contributed by atoms with Crippen LogP contribution in [0.25, 0.3) is 0 Å². The number of quaternary nitrogens is 1. The molecule has 0 amide bonds. The molecule has 0 bridgehead atoms. The maximum atomic E-state index is 10.3. The third kappa shape index (κ3) is 6.44. The molecule has 0 spiro atoms. The maximum Gasteiger partial charge on any atom is 0.694 e. The standard InChI is InChI=1S/C8H19NO6P/c10-5-1-9(2-6-11,3-7-12)4-8-15-16(13)14/h10-12H,1-8H2/q+1/p+1. The number of rotatable bonds is 10. The van der Waals surface area contributed by atoms with Crippen LogP contribution >= 0.6 is 8.25 Å². The molecule has 0 fully saturated rings. The SMILES string of the molecule is O=[P+](O)OCC[N+](CCO)(CCO)CCO. The predicted molar refractivity (Wildman–Crippen MR) is 56.8 cm³/mol. The lowest BCUT2D eigenvalue weighted by molar-refractivity contribution is -0.928. The van der Waals surface area contributed by atoms with Gasteiger partial charge in [0.05, 0.1) is 19.8 Å². The summed E-state index contributed by atoms with van der Waals surface area (Å²) in [5.74, 6) is 0. The van der Waals surface area contributed by atoms with Crippen molar-refractivity contribution in [1.82, 2.24) is 0 Å². The number of aliphatic hydroxyl groups excluding tert-OH is 3. The Bertz CT molecular complexity index is 186. The summed E-state index contributed by atoms with van der Waals surface area (Å²) in [6.07, 6.45) is 0. The summed E-state index contributed by atoms with van der Waals surface area (Å²) in [6, 6.07) is 0. The number of hydrogen-bond acceptors (Lipinski definition) is 5. The van der Waals surface area contributed by atoms with Gasteiger partial charge < -0.3 is 19.8 Å². The molecule has 0 radical (unpaired) electrons. The second-order valence-electron chi connectivity index (χ2n) is 3.48. The zero-order valence-corrected chi connectivity index (χ0v) is 10.1. The van der Waals surface area contributed by atoms with Crippen LogP contribution in [0, 0.1) is 0 Å². The van der Waals surface area contributed by atoms with Crippen LogP contribution in [-0.2, 0) is 9.09 Å². The highest BCUT2D eigenvalue weighted by molar-refractivity contribution is 7.32. The molecule has 0 saturated carbocycles. The molecular formula is C8H20NO6P+2. The Balaban J connectivity index is 4.28. The van der Waals surface area contributed by atoms with Crippen LogP contribution < -0.4 is 0 Å². The molecule has 0 heterocycles. The van der Waals surface area contributed by atoms with Crippen molar-refractivity contribution >= 4 is 8.25 Å². The Labute approximate surface area is 95.4 Å². The van der Waals surface area contributed by atoms with Crippen molar-refractivity contribution in [2.24, 2.45) is 0 Å². The molecule has 0 aromatic carbocycles. The molecule has 0 aliphatic carbocycles. The van der Waals surface area contributed by atoms with Crippen molar-refractivity contribution in [1.29, 1.82) is 0 Å². The molecule has 96 valence electrons. The van der Waals surface area contributed by atoms with Crippen LogP contribution in [0.15, 0.2) is 0 Å². The van der Waals surface area contributed by atoms with Crippen molar-refractivity contribution in [2.45, 2.75) is 0 Å². The molecule has 8 heteroatoms. The Hall–Kier alpha value is -0.140. The molecule has 0 aromatic heterocycles. The highest BCUT2D eigenvalue weighted by atomic mass is 31.1. The normalized spacial score (nSPS) is 12.9. The summed E-state index contributed by atoms with van der Waals surface area (Å²) < 4.78 is 15.1. The van der Waals surface area contributed by atoms with E-state index >= 15 is 0 Å². The van der Waals surface area contributed by atoms with Gasteiger partial charge in [0.2, 0.25) is 0 Å². The van der Waals surface area contributed by atoms with E-state index in [1.54, 1.807) is 0 Å². The van der Waals surface area contributed by atoms with Gasteiger partial charge in [0.25, 0.3) is 0 Å². The molecule has 0 saturated heterocycles. The fourth-order valence-electron chi connectivity index (χ4n) is 1.62. The van der Waals surface area contributed by atoms with Gasteiger partial charge in [-0.2, -0.15) is 0 Å². The topological polar surface area (TPSA) is 107 Å². The third-order valence-electron chi connectivity index (χ3n) is 2.49. The number of nitrogens with zero attached hydrogens (tertiary/aromatic N) is 1. The molecular weight excluding hydrogens is 237 g/mol. The van der Waals surface area contributed by atoms with E-state index in [1.165, 1.54) is 0 Å². The maximum absolute atomic E-state index is 10.3. The largest absolute Gasteiger partial charge is 0.694 e. The van der Waals surface area contributed by atoms with E-state index in [-0.39, 0.29) is 30.9 Å². The average Bonchev–Trinajstić information content (AvgIpc) is 2.18. The first-order chi connectivity index (χ1) is 7.60. The molecule has 16 heavy (non-hydrogen) atoms. The van der Waals surface area contributed by atoms with Crippen LogP contribution in [0.2, 0.25) is 0 Å². The van der Waals surface area contributed by atoms with Gasteiger partial charge in [-0.05, 0) is 0 Å². The van der Waals surface area contributed by atoms with Gasteiger partial charge in [-0.25, -0.2) is 0 Å². The van der Waals surface area contributed by atoms with Crippen LogP contribution in [0.4, 0.5) is 0 Å². The average molecular weight is 257 g/mol. The summed E-state index contributed by atoms with van der Waals surface area (Å²) in [5, 5.41) is 26.8. The molecule has 4 N–H and O–H groups in total. The second-order valence-corrected chi connectivity index (χ2v) is 4.21. The summed E-state index contributed by atoms with van der Waals surface area (Å²) >= 11 is 0. The van der Waals surface area contributed by atoms with Gasteiger partial charge >= 0.3 is 8.25 Å². The van der Waals surface area contributed by atoms with E-state index in [9.17, 15) is 4.57 Å². The summed E-state index contributed by atoms with van der Waals surface area (Å²) in [7, 11) is -2.63. The van der Waals surface area contributed by atoms with E-state index in [4.69, 9.17) is 20.2 Å². The first-order valence-electron chi connectivity index (χ1n) is 5.07. The second kappa shape index (κ2) is 8.95. The van der Waals surface area contributed by atoms with Gasteiger partial charge in [0.1, 0.15) is 26.2 Å². The zero-order valence-electron chi connectivity index (χ0n) is 9.16. The smallest absolute Gasteiger partial charge is 0.391 e. The van der Waals surface area contributed by atoms with Crippen molar-refractivity contribution in [2.75, 3.05) is 52.6 Å². The fraction of sp³-hybridized carbons (Fsp3) is 1.00. The predicted octanol–water partition coefficient (Wildman–Crippen LogP) is -1.55. The molecule has 0 rings (SSSR count). The van der Waals surface area contributed by atoms with Crippen molar-refractivity contribution in [3.05, 3.63) is 0 Å². The van der Waals surface area contributed by atoms with Crippen molar-refractivity contribution in [3.8, 4) is 0 Å². The highest BCUT2D eigenvalue weighted by Gasteiger charge is 2.27. The van der Waals surface area contributed by atoms with Crippen molar-refractivity contribution < 1.29 is 33.8 Å². The fourth-order valence-corrected chi connectivity index (χ4v) is 1.86. The van der Waals surface area contributed by atoms with Crippen molar-refractivity contribution in [3.63, 3.8) is 0 Å². The monoisotopic (exact) mass is 257 g/mol.